The Morgan fingerprint density at radius 2 is 1.79 bits per heavy atom. The first-order valence-electron chi connectivity index (χ1n) is 8.36. The molecule has 0 aromatic heterocycles. The van der Waals surface area contributed by atoms with Crippen LogP contribution in [0.25, 0.3) is 0 Å². The van der Waals surface area contributed by atoms with E-state index in [2.05, 4.69) is 15.4 Å². The molecule has 0 aliphatic carbocycles. The Morgan fingerprint density at radius 3 is 2.34 bits per heavy atom. The first kappa shape index (κ1) is 22.3. The average molecular weight is 431 g/mol. The minimum Gasteiger partial charge on any atom is -0.487 e. The first-order valence-corrected chi connectivity index (χ1v) is 8.76. The molecule has 0 fully saturated rings. The summed E-state index contributed by atoms with van der Waals surface area (Å²) >= 11 is 5.14. The lowest BCUT2D eigenvalue weighted by atomic mass is 10.1. The number of anilines is 2. The highest BCUT2D eigenvalue weighted by molar-refractivity contribution is 7.80. The number of hydrogen-bond acceptors (Lipinski definition) is 4. The third-order valence-corrected chi connectivity index (χ3v) is 3.93. The van der Waals surface area contributed by atoms with Gasteiger partial charge < -0.3 is 15.4 Å². The van der Waals surface area contributed by atoms with Gasteiger partial charge in [0, 0.05) is 17.8 Å². The van der Waals surface area contributed by atoms with Crippen LogP contribution in [0.2, 0.25) is 0 Å². The fourth-order valence-electron chi connectivity index (χ4n) is 2.20. The number of nitro benzene ring substituents is 1. The summed E-state index contributed by atoms with van der Waals surface area (Å²) in [5, 5.41) is 16.7. The first-order chi connectivity index (χ1) is 13.6. The highest BCUT2D eigenvalue weighted by Gasteiger charge is 2.41. The van der Waals surface area contributed by atoms with Gasteiger partial charge >= 0.3 is 12.3 Å². The Hall–Kier alpha value is -2.95. The summed E-state index contributed by atoms with van der Waals surface area (Å²) in [6.45, 7) is 0.380. The number of non-ortho nitro benzene ring substituents is 1. The van der Waals surface area contributed by atoms with Crippen LogP contribution in [0, 0.1) is 10.1 Å². The van der Waals surface area contributed by atoms with Crippen LogP contribution >= 0.6 is 12.2 Å². The van der Waals surface area contributed by atoms with E-state index in [1.807, 2.05) is 19.1 Å². The van der Waals surface area contributed by atoms with Crippen LogP contribution in [0.1, 0.15) is 12.5 Å². The van der Waals surface area contributed by atoms with Crippen molar-refractivity contribution in [3.05, 3.63) is 58.1 Å². The fourth-order valence-corrected chi connectivity index (χ4v) is 2.44. The number of nitrogens with one attached hydrogen (secondary N) is 2. The van der Waals surface area contributed by atoms with Crippen molar-refractivity contribution in [1.82, 2.24) is 0 Å². The van der Waals surface area contributed by atoms with Gasteiger partial charge in [-0.1, -0.05) is 19.1 Å². The van der Waals surface area contributed by atoms with Crippen LogP contribution < -0.4 is 15.4 Å². The van der Waals surface area contributed by atoms with Crippen LogP contribution in [-0.2, 0) is 6.42 Å². The molecule has 2 N–H and O–H groups in total. The summed E-state index contributed by atoms with van der Waals surface area (Å²) in [5.41, 5.74) is 1.37. The Balaban J connectivity index is 2.12. The minimum atomic E-state index is -4.39. The molecule has 0 amide bonds. The zero-order valence-corrected chi connectivity index (χ0v) is 15.9. The second-order valence-electron chi connectivity index (χ2n) is 5.95. The lowest BCUT2D eigenvalue weighted by Gasteiger charge is -2.17. The van der Waals surface area contributed by atoms with E-state index in [-0.39, 0.29) is 16.5 Å². The van der Waals surface area contributed by atoms with Crippen LogP contribution in [-0.4, -0.2) is 29.0 Å². The normalized spacial score (nSPS) is 11.2. The molecule has 0 spiro atoms. The number of alkyl halides is 4. The van der Waals surface area contributed by atoms with Gasteiger partial charge in [0.25, 0.3) is 5.69 Å². The number of nitrogens with zero attached hydrogens (tertiary/aromatic N) is 1. The Labute approximate surface area is 169 Å². The van der Waals surface area contributed by atoms with Crippen LogP contribution in [0.4, 0.5) is 34.6 Å². The van der Waals surface area contributed by atoms with Crippen LogP contribution in [0.5, 0.6) is 5.75 Å². The Kier molecular flexibility index (Phi) is 7.32. The molecule has 2 rings (SSSR count). The number of nitro groups is 1. The van der Waals surface area contributed by atoms with E-state index in [1.54, 1.807) is 12.1 Å². The summed E-state index contributed by atoms with van der Waals surface area (Å²) in [6.07, 6.45) is -3.06. The van der Waals surface area contributed by atoms with E-state index in [1.165, 1.54) is 0 Å². The van der Waals surface area contributed by atoms with Crippen molar-refractivity contribution in [3.63, 3.8) is 0 Å². The molecule has 0 saturated heterocycles. The zero-order valence-electron chi connectivity index (χ0n) is 15.1. The molecular weight excluding hydrogens is 414 g/mol. The van der Waals surface area contributed by atoms with Gasteiger partial charge in [0.15, 0.2) is 11.7 Å². The SMILES string of the molecule is CCc1ccc(NC(=S)Nc2cc(OCC(F)(F)C(F)F)cc([N+](=O)[O-])c2)cc1. The average Bonchev–Trinajstić information content (AvgIpc) is 2.66. The van der Waals surface area contributed by atoms with Crippen molar-refractivity contribution in [3.8, 4) is 5.75 Å². The Bertz CT molecular complexity index is 879. The van der Waals surface area contributed by atoms with Gasteiger partial charge in [0.1, 0.15) is 5.75 Å². The van der Waals surface area contributed by atoms with E-state index in [0.717, 1.165) is 30.2 Å². The monoisotopic (exact) mass is 431 g/mol. The molecule has 0 unspecified atom stereocenters. The summed E-state index contributed by atoms with van der Waals surface area (Å²) in [5.74, 6) is -4.77. The molecule has 2 aromatic rings. The maximum atomic E-state index is 13.0. The van der Waals surface area contributed by atoms with E-state index < -0.39 is 29.6 Å². The van der Waals surface area contributed by atoms with E-state index in [9.17, 15) is 27.7 Å². The molecular formula is C18H17F4N3O3S. The van der Waals surface area contributed by atoms with Crippen molar-refractivity contribution in [1.29, 1.82) is 0 Å². The largest absolute Gasteiger partial charge is 0.487 e. The van der Waals surface area contributed by atoms with E-state index >= 15 is 0 Å². The molecule has 29 heavy (non-hydrogen) atoms. The topological polar surface area (TPSA) is 76.4 Å². The quantitative estimate of drug-likeness (QED) is 0.258. The molecule has 0 bridgehead atoms. The highest BCUT2D eigenvalue weighted by Crippen LogP contribution is 2.29. The molecule has 0 radical (unpaired) electrons. The molecule has 11 heteroatoms. The van der Waals surface area contributed by atoms with E-state index in [0.29, 0.717) is 5.69 Å². The Morgan fingerprint density at radius 1 is 1.17 bits per heavy atom. The molecule has 0 atom stereocenters. The smallest absolute Gasteiger partial charge is 0.340 e. The maximum absolute atomic E-state index is 13.0. The van der Waals surface area contributed by atoms with Gasteiger partial charge in [-0.2, -0.15) is 8.78 Å². The molecule has 0 heterocycles. The van der Waals surface area contributed by atoms with Gasteiger partial charge in [-0.25, -0.2) is 8.78 Å². The summed E-state index contributed by atoms with van der Waals surface area (Å²) < 4.78 is 55.2. The van der Waals surface area contributed by atoms with Crippen molar-refractivity contribution in [2.75, 3.05) is 17.2 Å². The third kappa shape index (κ3) is 6.56. The summed E-state index contributed by atoms with van der Waals surface area (Å²) in [7, 11) is 0. The minimum absolute atomic E-state index is 0.0669. The fraction of sp³-hybridized carbons (Fsp3) is 0.278. The summed E-state index contributed by atoms with van der Waals surface area (Å²) in [4.78, 5) is 10.3. The molecule has 0 saturated carbocycles. The molecule has 156 valence electrons. The number of hydrogen-bond donors (Lipinski definition) is 2. The number of rotatable bonds is 8. The van der Waals surface area contributed by atoms with Crippen LogP contribution in [0.15, 0.2) is 42.5 Å². The lowest BCUT2D eigenvalue weighted by molar-refractivity contribution is -0.384. The summed E-state index contributed by atoms with van der Waals surface area (Å²) in [6, 6.07) is 10.5. The standard InChI is InChI=1S/C18H17F4N3O3S/c1-2-11-3-5-12(6-4-11)23-17(29)24-13-7-14(25(26)27)9-15(8-13)28-10-18(21,22)16(19)20/h3-9,16H,2,10H2,1H3,(H2,23,24,29). The van der Waals surface area contributed by atoms with Gasteiger partial charge in [0.2, 0.25) is 0 Å². The van der Waals surface area contributed by atoms with Crippen molar-refractivity contribution < 1.29 is 27.2 Å². The second-order valence-corrected chi connectivity index (χ2v) is 6.36. The third-order valence-electron chi connectivity index (χ3n) is 3.73. The number of halogens is 4. The van der Waals surface area contributed by atoms with Crippen molar-refractivity contribution in [2.24, 2.45) is 0 Å². The number of aryl methyl sites for hydroxylation is 1. The van der Waals surface area contributed by atoms with Crippen molar-refractivity contribution in [2.45, 2.75) is 25.7 Å². The highest BCUT2D eigenvalue weighted by atomic mass is 32.1. The lowest BCUT2D eigenvalue weighted by Crippen LogP contribution is -2.33. The van der Waals surface area contributed by atoms with Crippen LogP contribution in [0.3, 0.4) is 0 Å². The zero-order chi connectivity index (χ0) is 21.6. The number of ether oxygens (including phenoxy) is 1. The molecule has 2 aromatic carbocycles. The van der Waals surface area contributed by atoms with Gasteiger partial charge in [-0.05, 0) is 36.3 Å². The van der Waals surface area contributed by atoms with E-state index in [4.69, 9.17) is 12.2 Å². The molecule has 0 aliphatic rings. The molecule has 0 aliphatic heterocycles. The predicted octanol–water partition coefficient (Wildman–Crippen LogP) is 5.25. The van der Waals surface area contributed by atoms with Gasteiger partial charge in [-0.3, -0.25) is 10.1 Å². The maximum Gasteiger partial charge on any atom is 0.340 e. The second kappa shape index (κ2) is 9.50. The van der Waals surface area contributed by atoms with Gasteiger partial charge in [-0.15, -0.1) is 0 Å². The van der Waals surface area contributed by atoms with Gasteiger partial charge in [0.05, 0.1) is 16.7 Å². The number of thiocarbonyl (C=S) groups is 1. The van der Waals surface area contributed by atoms with Crippen molar-refractivity contribution >= 4 is 34.4 Å². The predicted molar refractivity (Wildman–Crippen MR) is 105 cm³/mol. The molecule has 6 nitrogen and oxygen atoms in total. The number of benzene rings is 2.